The molecule has 1 saturated heterocycles. The first kappa shape index (κ1) is 24.0. The van der Waals surface area contributed by atoms with Gasteiger partial charge in [0.2, 0.25) is 5.91 Å². The van der Waals surface area contributed by atoms with Crippen LogP contribution in [0.15, 0.2) is 91.0 Å². The van der Waals surface area contributed by atoms with Crippen LogP contribution in [0.25, 0.3) is 22.3 Å². The van der Waals surface area contributed by atoms with Gasteiger partial charge in [-0.3, -0.25) is 19.8 Å². The molecule has 0 saturated carbocycles. The molecule has 4 aromatic rings. The summed E-state index contributed by atoms with van der Waals surface area (Å²) < 4.78 is 0. The molecule has 6 nitrogen and oxygen atoms in total. The second-order valence-electron chi connectivity index (χ2n) is 9.53. The Morgan fingerprint density at radius 2 is 1.68 bits per heavy atom. The maximum Gasteiger partial charge on any atom is 0.326 e. The Balaban J connectivity index is 1.13. The number of thioether (sulfide) groups is 1. The summed E-state index contributed by atoms with van der Waals surface area (Å²) in [6.07, 6.45) is 1.37. The lowest BCUT2D eigenvalue weighted by molar-refractivity contribution is -0.118. The largest absolute Gasteiger partial charge is 0.326 e. The van der Waals surface area contributed by atoms with Crippen molar-refractivity contribution in [1.82, 2.24) is 5.32 Å². The van der Waals surface area contributed by atoms with E-state index in [0.717, 1.165) is 46.2 Å². The molecule has 1 heterocycles. The molecule has 1 aliphatic carbocycles. The first-order chi connectivity index (χ1) is 18.4. The lowest BCUT2D eigenvalue weighted by atomic mass is 10.0. The second-order valence-corrected chi connectivity index (χ2v) is 10.7. The van der Waals surface area contributed by atoms with E-state index in [0.29, 0.717) is 6.42 Å². The number of nitrogens with zero attached hydrogens (tertiary/aromatic N) is 1. The Bertz CT molecular complexity index is 1580. The summed E-state index contributed by atoms with van der Waals surface area (Å²) in [5.41, 5.74) is 9.54. The zero-order valence-electron chi connectivity index (χ0n) is 20.7. The van der Waals surface area contributed by atoms with E-state index in [4.69, 9.17) is 0 Å². The fourth-order valence-corrected chi connectivity index (χ4v) is 5.88. The first-order valence-corrected chi connectivity index (χ1v) is 13.3. The van der Waals surface area contributed by atoms with E-state index in [-0.39, 0.29) is 22.4 Å². The predicted molar refractivity (Wildman–Crippen MR) is 153 cm³/mol. The van der Waals surface area contributed by atoms with E-state index in [1.165, 1.54) is 22.3 Å². The molecular formula is C31H25N3O3S. The molecule has 1 aliphatic heterocycles. The molecule has 2 N–H and O–H groups in total. The lowest BCUT2D eigenvalue weighted by Crippen LogP contribution is -2.31. The summed E-state index contributed by atoms with van der Waals surface area (Å²) in [6.45, 7) is 0. The number of hydrogen-bond donors (Lipinski definition) is 2. The van der Waals surface area contributed by atoms with Crippen LogP contribution in [0.4, 0.5) is 21.0 Å². The van der Waals surface area contributed by atoms with Crippen molar-refractivity contribution < 1.29 is 14.4 Å². The number of fused-ring (bicyclic) bond motifs is 3. The van der Waals surface area contributed by atoms with Crippen LogP contribution >= 0.6 is 11.8 Å². The Kier molecular flexibility index (Phi) is 6.21. The second kappa shape index (κ2) is 9.84. The van der Waals surface area contributed by atoms with E-state index in [2.05, 4.69) is 47.0 Å². The number of nitrogens with one attached hydrogen (secondary N) is 2. The van der Waals surface area contributed by atoms with E-state index in [1.54, 1.807) is 11.9 Å². The number of imide groups is 1. The molecule has 0 aromatic heterocycles. The minimum absolute atomic E-state index is 0.213. The number of urea groups is 1. The molecule has 7 heteroatoms. The van der Waals surface area contributed by atoms with Crippen molar-refractivity contribution in [3.8, 4) is 22.3 Å². The maximum absolute atomic E-state index is 13.1. The molecule has 1 unspecified atom stereocenters. The molecule has 1 atom stereocenters. The van der Waals surface area contributed by atoms with Gasteiger partial charge in [0.15, 0.2) is 0 Å². The maximum atomic E-state index is 13.1. The average molecular weight is 520 g/mol. The van der Waals surface area contributed by atoms with Crippen LogP contribution in [0.5, 0.6) is 0 Å². The van der Waals surface area contributed by atoms with Gasteiger partial charge < -0.3 is 5.32 Å². The molecule has 6 rings (SSSR count). The van der Waals surface area contributed by atoms with Crippen LogP contribution in [0, 0.1) is 0 Å². The minimum atomic E-state index is -0.384. The van der Waals surface area contributed by atoms with Crippen molar-refractivity contribution in [2.75, 3.05) is 17.3 Å². The van der Waals surface area contributed by atoms with Crippen molar-refractivity contribution in [2.45, 2.75) is 18.1 Å². The molecule has 0 bridgehead atoms. The van der Waals surface area contributed by atoms with Gasteiger partial charge in [0.25, 0.3) is 5.24 Å². The van der Waals surface area contributed by atoms with Crippen LogP contribution in [0.2, 0.25) is 0 Å². The molecule has 188 valence electrons. The third kappa shape index (κ3) is 4.68. The fraction of sp³-hybridized carbons (Fsp3) is 0.129. The van der Waals surface area contributed by atoms with Crippen molar-refractivity contribution >= 4 is 40.3 Å². The van der Waals surface area contributed by atoms with E-state index < -0.39 is 0 Å². The van der Waals surface area contributed by atoms with E-state index in [9.17, 15) is 14.4 Å². The third-order valence-electron chi connectivity index (χ3n) is 7.06. The molecule has 4 aromatic carbocycles. The SMILES string of the molecule is CN(C(=O)Nc1ccc2c(c1)Cc1ccccc1-2)c1cccc(-c2ccc(CC3SC(=O)NC3=O)cc2)c1. The van der Waals surface area contributed by atoms with Gasteiger partial charge in [-0.2, -0.15) is 0 Å². The van der Waals surface area contributed by atoms with Crippen LogP contribution in [0.3, 0.4) is 0 Å². The highest BCUT2D eigenvalue weighted by molar-refractivity contribution is 8.15. The van der Waals surface area contributed by atoms with Gasteiger partial charge >= 0.3 is 6.03 Å². The monoisotopic (exact) mass is 519 g/mol. The highest BCUT2D eigenvalue weighted by atomic mass is 32.2. The zero-order valence-corrected chi connectivity index (χ0v) is 21.5. The molecule has 0 spiro atoms. The van der Waals surface area contributed by atoms with Crippen LogP contribution in [-0.4, -0.2) is 29.5 Å². The van der Waals surface area contributed by atoms with Gasteiger partial charge in [0.1, 0.15) is 0 Å². The van der Waals surface area contributed by atoms with Crippen molar-refractivity contribution in [3.05, 3.63) is 108 Å². The highest BCUT2D eigenvalue weighted by Gasteiger charge is 2.31. The number of amides is 4. The number of carbonyl (C=O) groups is 3. The topological polar surface area (TPSA) is 78.5 Å². The van der Waals surface area contributed by atoms with Crippen molar-refractivity contribution in [2.24, 2.45) is 0 Å². The van der Waals surface area contributed by atoms with Gasteiger partial charge in [-0.25, -0.2) is 4.79 Å². The smallest absolute Gasteiger partial charge is 0.308 e. The summed E-state index contributed by atoms with van der Waals surface area (Å²) in [6, 6.07) is 30.0. The lowest BCUT2D eigenvalue weighted by Gasteiger charge is -2.19. The highest BCUT2D eigenvalue weighted by Crippen LogP contribution is 2.37. The van der Waals surface area contributed by atoms with Crippen LogP contribution in [0.1, 0.15) is 16.7 Å². The molecule has 0 radical (unpaired) electrons. The average Bonchev–Trinajstić information content (AvgIpc) is 3.46. The Labute approximate surface area is 225 Å². The number of rotatable bonds is 5. The van der Waals surface area contributed by atoms with Gasteiger partial charge in [0.05, 0.1) is 5.25 Å². The molecule has 1 fully saturated rings. The van der Waals surface area contributed by atoms with Gasteiger partial charge in [-0.15, -0.1) is 0 Å². The van der Waals surface area contributed by atoms with E-state index in [1.807, 2.05) is 54.6 Å². The number of anilines is 2. The third-order valence-corrected chi connectivity index (χ3v) is 8.04. The summed E-state index contributed by atoms with van der Waals surface area (Å²) in [7, 11) is 1.76. The quantitative estimate of drug-likeness (QED) is 0.278. The summed E-state index contributed by atoms with van der Waals surface area (Å²) in [5, 5.41) is 4.69. The van der Waals surface area contributed by atoms with Gasteiger partial charge in [-0.1, -0.05) is 78.5 Å². The van der Waals surface area contributed by atoms with Gasteiger partial charge in [-0.05, 0) is 76.1 Å². The number of benzene rings is 4. The normalized spacial score (nSPS) is 15.6. The van der Waals surface area contributed by atoms with Crippen LogP contribution in [-0.2, 0) is 17.6 Å². The Hall–Kier alpha value is -4.36. The minimum Gasteiger partial charge on any atom is -0.308 e. The zero-order chi connectivity index (χ0) is 26.2. The number of carbonyl (C=O) groups excluding carboxylic acids is 3. The summed E-state index contributed by atoms with van der Waals surface area (Å²) in [4.78, 5) is 38.0. The molecule has 4 amide bonds. The summed E-state index contributed by atoms with van der Waals surface area (Å²) >= 11 is 1.04. The Morgan fingerprint density at radius 3 is 2.47 bits per heavy atom. The van der Waals surface area contributed by atoms with Crippen molar-refractivity contribution in [3.63, 3.8) is 0 Å². The molecular weight excluding hydrogens is 494 g/mol. The number of hydrogen-bond acceptors (Lipinski definition) is 4. The molecule has 38 heavy (non-hydrogen) atoms. The van der Waals surface area contributed by atoms with Crippen LogP contribution < -0.4 is 15.5 Å². The Morgan fingerprint density at radius 1 is 0.895 bits per heavy atom. The first-order valence-electron chi connectivity index (χ1n) is 12.4. The standard InChI is InChI=1S/C31H25N3O3S/c1-34(30(36)32-24-13-14-27-23(17-24)16-22-5-2-3-8-26(22)27)25-7-4-6-21(18-25)20-11-9-19(10-12-20)15-28-29(35)33-31(37)38-28/h2-14,17-18,28H,15-16H2,1H3,(H,32,36)(H,33,35,37). The fourth-order valence-electron chi connectivity index (χ4n) is 5.02. The van der Waals surface area contributed by atoms with E-state index >= 15 is 0 Å². The predicted octanol–water partition coefficient (Wildman–Crippen LogP) is 6.49. The summed E-state index contributed by atoms with van der Waals surface area (Å²) in [5.74, 6) is -0.233. The van der Waals surface area contributed by atoms with Gasteiger partial charge in [0, 0.05) is 18.4 Å². The molecule has 2 aliphatic rings. The van der Waals surface area contributed by atoms with Crippen molar-refractivity contribution in [1.29, 1.82) is 0 Å².